The highest BCUT2D eigenvalue weighted by atomic mass is 35.5. The van der Waals surface area contributed by atoms with Gasteiger partial charge in [0.1, 0.15) is 11.5 Å². The first-order valence-corrected chi connectivity index (χ1v) is 15.5. The normalized spacial score (nSPS) is 24.9. The van der Waals surface area contributed by atoms with Gasteiger partial charge in [0.15, 0.2) is 12.2 Å². The van der Waals surface area contributed by atoms with Gasteiger partial charge in [-0.15, -0.1) is 12.4 Å². The fraction of sp³-hybridized carbons (Fsp3) is 0.486. The lowest BCUT2D eigenvalue weighted by Crippen LogP contribution is -2.71. The number of aliphatic hydroxyl groups excluding tert-OH is 2. The molecule has 268 valence electrons. The summed E-state index contributed by atoms with van der Waals surface area (Å²) in [6, 6.07) is 11.6. The Hall–Kier alpha value is -4.01. The maximum absolute atomic E-state index is 13.9. The maximum Gasteiger partial charge on any atom is 0.357 e. The minimum absolute atomic E-state index is 0. The Labute approximate surface area is 291 Å². The monoisotopic (exact) mass is 704 g/mol. The average Bonchev–Trinajstić information content (AvgIpc) is 3.41. The molecule has 13 nitrogen and oxygen atoms in total. The Morgan fingerprint density at radius 1 is 1.14 bits per heavy atom. The van der Waals surface area contributed by atoms with Gasteiger partial charge >= 0.3 is 17.9 Å². The number of carbonyl (C=O) groups is 4. The lowest BCUT2D eigenvalue weighted by Gasteiger charge is -2.58. The molecule has 6 atom stereocenters. The summed E-state index contributed by atoms with van der Waals surface area (Å²) in [5, 5.41) is 43.1. The van der Waals surface area contributed by atoms with Crippen molar-refractivity contribution in [2.75, 3.05) is 20.1 Å². The zero-order chi connectivity index (χ0) is 34.1. The van der Waals surface area contributed by atoms with Crippen molar-refractivity contribution in [3.63, 3.8) is 0 Å². The molecule has 1 saturated heterocycles. The van der Waals surface area contributed by atoms with E-state index in [1.54, 1.807) is 42.5 Å². The molecule has 1 fully saturated rings. The first-order chi connectivity index (χ1) is 22.3. The first-order valence-electron chi connectivity index (χ1n) is 15.5. The number of hydrogen-bond acceptors (Lipinski definition) is 11. The number of ether oxygens (including phenoxy) is 3. The van der Waals surface area contributed by atoms with E-state index in [0.29, 0.717) is 29.8 Å². The van der Waals surface area contributed by atoms with Crippen LogP contribution in [0.4, 0.5) is 0 Å². The van der Waals surface area contributed by atoms with E-state index in [2.05, 4.69) is 10.2 Å². The standard InChI is InChI=1S/C34H40N2O11.CH4.ClH/c1-19-9-10-22(18-37)28-27(19)33-14-16-36(3)20(2)34(33,44)13-11-24(30(33)47-28)45-32(43)29(21-7-5-4-6-8-21)46-26(40)12-15-35-25(39)17-23(38)31(41)42;;/h4-11,20,23,29-30,37-38,44H,12-18H2,1-3H3,(H,35,39)(H,41,42);1H4;1H/t20-,23+,29-,30+,33+,34-;;/m1../s1. The zero-order valence-electron chi connectivity index (χ0n) is 26.9. The van der Waals surface area contributed by atoms with E-state index >= 15 is 0 Å². The Balaban J connectivity index is 0.00000325. The van der Waals surface area contributed by atoms with E-state index in [1.807, 2.05) is 27.0 Å². The molecule has 2 aliphatic heterocycles. The van der Waals surface area contributed by atoms with Crippen molar-refractivity contribution in [3.05, 3.63) is 76.6 Å². The van der Waals surface area contributed by atoms with Crippen LogP contribution in [-0.2, 0) is 40.7 Å². The predicted molar refractivity (Wildman–Crippen MR) is 179 cm³/mol. The second-order valence-electron chi connectivity index (χ2n) is 12.4. The number of fused-ring (bicyclic) bond motifs is 1. The van der Waals surface area contributed by atoms with Gasteiger partial charge in [-0.1, -0.05) is 49.9 Å². The highest BCUT2D eigenvalue weighted by Crippen LogP contribution is 2.61. The summed E-state index contributed by atoms with van der Waals surface area (Å²) in [5.41, 5.74) is 0.240. The van der Waals surface area contributed by atoms with Crippen LogP contribution >= 0.6 is 12.4 Å². The molecule has 0 saturated carbocycles. The number of likely N-dealkylation sites (N-methyl/N-ethyl adjacent to an activating group) is 1. The van der Waals surface area contributed by atoms with E-state index in [4.69, 9.17) is 19.3 Å². The van der Waals surface area contributed by atoms with Crippen LogP contribution in [0.2, 0.25) is 0 Å². The first kappa shape index (κ1) is 39.4. The molecular weight excluding hydrogens is 660 g/mol. The van der Waals surface area contributed by atoms with Gasteiger partial charge < -0.3 is 44.9 Å². The lowest BCUT2D eigenvalue weighted by atomic mass is 9.54. The smallest absolute Gasteiger partial charge is 0.357 e. The minimum atomic E-state index is -1.88. The number of carboxylic acids is 1. The minimum Gasteiger partial charge on any atom is -0.481 e. The number of likely N-dealkylation sites (tertiary alicyclic amines) is 1. The number of aliphatic hydroxyl groups is 3. The molecule has 1 aliphatic carbocycles. The van der Waals surface area contributed by atoms with Crippen molar-refractivity contribution in [2.24, 2.45) is 0 Å². The van der Waals surface area contributed by atoms with Crippen LogP contribution in [0.1, 0.15) is 68.4 Å². The van der Waals surface area contributed by atoms with Crippen LogP contribution in [0.3, 0.4) is 0 Å². The molecule has 2 aromatic carbocycles. The number of hydrogen-bond donors (Lipinski definition) is 5. The van der Waals surface area contributed by atoms with Crippen LogP contribution in [0, 0.1) is 6.92 Å². The summed E-state index contributed by atoms with van der Waals surface area (Å²) in [6.07, 6.45) is -3.03. The zero-order valence-corrected chi connectivity index (χ0v) is 27.7. The predicted octanol–water partition coefficient (Wildman–Crippen LogP) is 2.46. The summed E-state index contributed by atoms with van der Waals surface area (Å²) in [5.74, 6) is -3.43. The molecule has 5 rings (SSSR count). The largest absolute Gasteiger partial charge is 0.481 e. The molecule has 49 heavy (non-hydrogen) atoms. The topological polar surface area (TPSA) is 192 Å². The number of carbonyl (C=O) groups excluding carboxylic acids is 3. The molecule has 1 amide bonds. The molecular formula is C35H45ClN2O11. The van der Waals surface area contributed by atoms with E-state index in [0.717, 1.165) is 11.1 Å². The van der Waals surface area contributed by atoms with Crippen molar-refractivity contribution >= 4 is 36.2 Å². The molecule has 0 unspecified atom stereocenters. The van der Waals surface area contributed by atoms with Crippen molar-refractivity contribution in [3.8, 4) is 5.75 Å². The summed E-state index contributed by atoms with van der Waals surface area (Å²) >= 11 is 0. The fourth-order valence-corrected chi connectivity index (χ4v) is 7.08. The van der Waals surface area contributed by atoms with Crippen LogP contribution in [0.15, 0.2) is 54.3 Å². The molecule has 14 heteroatoms. The van der Waals surface area contributed by atoms with Crippen molar-refractivity contribution in [2.45, 2.75) is 88.9 Å². The number of amides is 1. The van der Waals surface area contributed by atoms with Crippen molar-refractivity contribution in [1.82, 2.24) is 10.2 Å². The van der Waals surface area contributed by atoms with E-state index in [1.165, 1.54) is 0 Å². The number of piperidine rings is 1. The number of nitrogens with zero attached hydrogens (tertiary/aromatic N) is 1. The van der Waals surface area contributed by atoms with Gasteiger partial charge in [-0.25, -0.2) is 9.59 Å². The third-order valence-corrected chi connectivity index (χ3v) is 9.70. The number of aryl methyl sites for hydroxylation is 1. The van der Waals surface area contributed by atoms with Crippen LogP contribution in [0.5, 0.6) is 5.75 Å². The molecule has 0 aromatic heterocycles. The number of benzene rings is 2. The Morgan fingerprint density at radius 3 is 2.49 bits per heavy atom. The highest BCUT2D eigenvalue weighted by molar-refractivity contribution is 5.85. The number of nitrogens with one attached hydrogen (secondary N) is 1. The van der Waals surface area contributed by atoms with Crippen LogP contribution in [-0.4, -0.2) is 93.1 Å². The second kappa shape index (κ2) is 15.7. The molecule has 5 N–H and O–H groups in total. The SMILES string of the molecule is C.Cc1ccc(CO)c2c1[C@]13CCN(C)[C@H](C)[C@]1(O)CC=C(OC(=O)[C@H](OC(=O)CCNC(=O)C[C@H](O)C(=O)O)c1ccccc1)[C@@H]3O2.Cl. The van der Waals surface area contributed by atoms with Crippen LogP contribution < -0.4 is 10.1 Å². The Morgan fingerprint density at radius 2 is 1.84 bits per heavy atom. The summed E-state index contributed by atoms with van der Waals surface area (Å²) in [7, 11) is 1.95. The molecule has 2 heterocycles. The van der Waals surface area contributed by atoms with Gasteiger partial charge in [0.2, 0.25) is 12.0 Å². The third-order valence-electron chi connectivity index (χ3n) is 9.70. The maximum atomic E-state index is 13.9. The number of halogens is 1. The van der Waals surface area contributed by atoms with E-state index in [9.17, 15) is 34.5 Å². The summed E-state index contributed by atoms with van der Waals surface area (Å²) in [6.45, 7) is 4.00. The number of rotatable bonds is 11. The van der Waals surface area contributed by atoms with Gasteiger partial charge in [0.05, 0.1) is 30.5 Å². The van der Waals surface area contributed by atoms with E-state index in [-0.39, 0.29) is 57.6 Å². The molecule has 3 aliphatic rings. The number of carboxylic acid groups (broad SMARTS) is 1. The van der Waals surface area contributed by atoms with Crippen molar-refractivity contribution in [1.29, 1.82) is 0 Å². The van der Waals surface area contributed by atoms with Crippen LogP contribution in [0.25, 0.3) is 0 Å². The molecule has 0 bridgehead atoms. The van der Waals surface area contributed by atoms with E-state index < -0.39 is 59.6 Å². The average molecular weight is 705 g/mol. The second-order valence-corrected chi connectivity index (χ2v) is 12.4. The lowest BCUT2D eigenvalue weighted by molar-refractivity contribution is -0.173. The quantitative estimate of drug-likeness (QED) is 0.215. The van der Waals surface area contributed by atoms with Gasteiger partial charge in [-0.3, -0.25) is 9.59 Å². The van der Waals surface area contributed by atoms with Gasteiger partial charge in [-0.2, -0.15) is 0 Å². The van der Waals surface area contributed by atoms with Crippen molar-refractivity contribution < 1.29 is 53.8 Å². The van der Waals surface area contributed by atoms with Gasteiger partial charge in [0.25, 0.3) is 0 Å². The molecule has 0 radical (unpaired) electrons. The number of aliphatic carboxylic acids is 1. The Bertz CT molecular complexity index is 1580. The number of esters is 2. The highest BCUT2D eigenvalue weighted by Gasteiger charge is 2.69. The third kappa shape index (κ3) is 7.17. The Kier molecular flexibility index (Phi) is 12.6. The summed E-state index contributed by atoms with van der Waals surface area (Å²) in [4.78, 5) is 51.5. The molecule has 2 aromatic rings. The summed E-state index contributed by atoms with van der Waals surface area (Å²) < 4.78 is 18.1. The fourth-order valence-electron chi connectivity index (χ4n) is 7.08. The van der Waals surface area contributed by atoms with Gasteiger partial charge in [-0.05, 0) is 45.5 Å². The molecule has 1 spiro atoms. The van der Waals surface area contributed by atoms with Gasteiger partial charge in [0, 0.05) is 35.7 Å².